The van der Waals surface area contributed by atoms with Crippen LogP contribution in [0.5, 0.6) is 0 Å². The van der Waals surface area contributed by atoms with Gasteiger partial charge in [-0.2, -0.15) is 0 Å². The van der Waals surface area contributed by atoms with Gasteiger partial charge in [-0.05, 0) is 136 Å². The fraction of sp³-hybridized carbons (Fsp3) is 0.231. The molecule has 328 valence electrons. The maximum atomic E-state index is 2.74. The van der Waals surface area contributed by atoms with E-state index in [9.17, 15) is 0 Å². The molecule has 1 aliphatic heterocycles. The van der Waals surface area contributed by atoms with Crippen LogP contribution in [0, 0.1) is 28.6 Å². The third kappa shape index (κ3) is 5.81. The zero-order chi connectivity index (χ0) is 45.1. The van der Waals surface area contributed by atoms with E-state index in [1.165, 1.54) is 67.3 Å². The summed E-state index contributed by atoms with van der Waals surface area (Å²) in [6.07, 6.45) is 35.5. The number of hydrogen-bond acceptors (Lipinski definition) is 2. The summed E-state index contributed by atoms with van der Waals surface area (Å²) in [4.78, 5) is 5.17. The van der Waals surface area contributed by atoms with Gasteiger partial charge >= 0.3 is 0 Å². The summed E-state index contributed by atoms with van der Waals surface area (Å²) >= 11 is 0. The van der Waals surface area contributed by atoms with Gasteiger partial charge in [-0.25, -0.2) is 0 Å². The Kier molecular flexibility index (Phi) is 9.08. The summed E-state index contributed by atoms with van der Waals surface area (Å²) < 4.78 is 0. The molecule has 5 aromatic rings. The molecule has 1 heterocycles. The lowest BCUT2D eigenvalue weighted by Crippen LogP contribution is -2.44. The molecule has 5 aromatic carbocycles. The number of rotatable bonds is 6. The highest BCUT2D eigenvalue weighted by Gasteiger charge is 2.66. The highest BCUT2D eigenvalue weighted by atomic mass is 15.2. The van der Waals surface area contributed by atoms with E-state index in [0.29, 0.717) is 17.8 Å². The number of hydrogen-bond donors (Lipinski definition) is 0. The standard InChI is InChI=1S/C65H58N2/c1-43-22-33-53-54-35-32-52(42-61(54)65(59(53)39-43)60-40-44(2)23-34-55(60)57-20-13-14-37-63(57,65)3)66(49-28-24-46(25-29-49)45-15-7-5-8-16-45)50-30-26-47(27-31-50)48-36-38-64(4)58(41-48)56-19-11-12-21-62(56)67(64)51-17-9-6-10-18-51/h5-31,33-38,41-44,52,57-58H,32,39-40H2,1-4H3. The highest BCUT2D eigenvalue weighted by molar-refractivity contribution is 5.85. The fourth-order valence-corrected chi connectivity index (χ4v) is 14.0. The Balaban J connectivity index is 0.925. The average Bonchev–Trinajstić information content (AvgIpc) is 3.90. The van der Waals surface area contributed by atoms with Crippen molar-refractivity contribution in [2.45, 2.75) is 64.5 Å². The number of para-hydroxylation sites is 2. The highest BCUT2D eigenvalue weighted by Crippen LogP contribution is 2.75. The lowest BCUT2D eigenvalue weighted by Gasteiger charge is -2.50. The molecule has 0 radical (unpaired) electrons. The first-order valence-electron chi connectivity index (χ1n) is 24.8. The van der Waals surface area contributed by atoms with Crippen molar-refractivity contribution in [3.63, 3.8) is 0 Å². The van der Waals surface area contributed by atoms with E-state index in [2.05, 4.69) is 250 Å². The lowest BCUT2D eigenvalue weighted by molar-refractivity contribution is 0.211. The monoisotopic (exact) mass is 866 g/mol. The molecule has 8 atom stereocenters. The Morgan fingerprint density at radius 1 is 0.582 bits per heavy atom. The van der Waals surface area contributed by atoms with Crippen molar-refractivity contribution in [1.29, 1.82) is 0 Å². The molecule has 13 rings (SSSR count). The molecule has 0 bridgehead atoms. The van der Waals surface area contributed by atoms with Crippen LogP contribution in [0.1, 0.15) is 64.0 Å². The Morgan fingerprint density at radius 2 is 1.24 bits per heavy atom. The van der Waals surface area contributed by atoms with Gasteiger partial charge in [0.1, 0.15) is 0 Å². The quantitative estimate of drug-likeness (QED) is 0.168. The summed E-state index contributed by atoms with van der Waals surface area (Å²) in [6.45, 7) is 9.82. The van der Waals surface area contributed by atoms with Gasteiger partial charge in [0.15, 0.2) is 0 Å². The van der Waals surface area contributed by atoms with Crippen LogP contribution in [0.15, 0.2) is 246 Å². The van der Waals surface area contributed by atoms with Crippen molar-refractivity contribution in [3.05, 3.63) is 257 Å². The minimum absolute atomic E-state index is 0.102. The number of allylic oxidation sites excluding steroid dienone is 16. The van der Waals surface area contributed by atoms with E-state index in [1.54, 1.807) is 16.7 Å². The van der Waals surface area contributed by atoms with Gasteiger partial charge in [-0.3, -0.25) is 0 Å². The Hall–Kier alpha value is -6.90. The van der Waals surface area contributed by atoms with Gasteiger partial charge in [0.2, 0.25) is 0 Å². The van der Waals surface area contributed by atoms with E-state index >= 15 is 0 Å². The molecular formula is C65H58N2. The number of nitrogens with zero attached hydrogens (tertiary/aromatic N) is 2. The number of fused-ring (bicyclic) bond motifs is 11. The Morgan fingerprint density at radius 3 is 2.00 bits per heavy atom. The van der Waals surface area contributed by atoms with Crippen LogP contribution in [0.2, 0.25) is 0 Å². The minimum atomic E-state index is -0.208. The molecule has 7 aliphatic carbocycles. The molecule has 0 saturated heterocycles. The van der Waals surface area contributed by atoms with E-state index in [1.807, 2.05) is 0 Å². The second-order valence-electron chi connectivity index (χ2n) is 20.9. The van der Waals surface area contributed by atoms with Gasteiger partial charge in [-0.15, -0.1) is 0 Å². The van der Waals surface area contributed by atoms with Gasteiger partial charge in [0.25, 0.3) is 0 Å². The predicted octanol–water partition coefficient (Wildman–Crippen LogP) is 16.3. The Labute approximate surface area is 397 Å². The maximum Gasteiger partial charge on any atom is 0.0712 e. The second kappa shape index (κ2) is 15.1. The SMILES string of the molecule is CC1C=CC2=C(C1)C1(C3=CC(N(c4ccc(C5=CC6c7ccccc7N(c7ccccc7)C6(C)C=C5)cc4)c4ccc(-c5ccccc5)cc4)CC=C32)C2=C(C=CC(C)C2)C2C=CC=CC21C. The summed E-state index contributed by atoms with van der Waals surface area (Å²) in [5, 5.41) is 0. The number of benzene rings is 5. The first-order valence-corrected chi connectivity index (χ1v) is 24.8. The van der Waals surface area contributed by atoms with Gasteiger partial charge < -0.3 is 9.80 Å². The molecule has 0 amide bonds. The third-order valence-electron chi connectivity index (χ3n) is 17.0. The average molecular weight is 867 g/mol. The molecule has 0 fully saturated rings. The zero-order valence-corrected chi connectivity index (χ0v) is 39.1. The summed E-state index contributed by atoms with van der Waals surface area (Å²) in [7, 11) is 0. The lowest BCUT2D eigenvalue weighted by atomic mass is 9.52. The van der Waals surface area contributed by atoms with Crippen LogP contribution in [0.4, 0.5) is 22.7 Å². The molecule has 8 aliphatic rings. The molecule has 67 heavy (non-hydrogen) atoms. The Bertz CT molecular complexity index is 3160. The smallest absolute Gasteiger partial charge is 0.0712 e. The largest absolute Gasteiger partial charge is 0.334 e. The minimum Gasteiger partial charge on any atom is -0.334 e. The fourth-order valence-electron chi connectivity index (χ4n) is 14.0. The van der Waals surface area contributed by atoms with Crippen molar-refractivity contribution < 1.29 is 0 Å². The summed E-state index contributed by atoms with van der Waals surface area (Å²) in [6, 6.07) is 49.6. The van der Waals surface area contributed by atoms with Crippen LogP contribution in [-0.2, 0) is 0 Å². The van der Waals surface area contributed by atoms with E-state index in [-0.39, 0.29) is 28.3 Å². The zero-order valence-electron chi connectivity index (χ0n) is 39.1. The molecule has 0 N–H and O–H groups in total. The maximum absolute atomic E-state index is 2.74. The first kappa shape index (κ1) is 40.4. The number of anilines is 4. The van der Waals surface area contributed by atoms with Crippen molar-refractivity contribution in [2.24, 2.45) is 28.6 Å². The summed E-state index contributed by atoms with van der Waals surface area (Å²) in [5.41, 5.74) is 20.2. The van der Waals surface area contributed by atoms with Crippen molar-refractivity contribution in [2.75, 3.05) is 9.80 Å². The van der Waals surface area contributed by atoms with Crippen molar-refractivity contribution in [3.8, 4) is 11.1 Å². The molecule has 2 heteroatoms. The molecule has 0 aromatic heterocycles. The summed E-state index contributed by atoms with van der Waals surface area (Å²) in [5.74, 6) is 1.58. The van der Waals surface area contributed by atoms with Crippen LogP contribution in [0.3, 0.4) is 0 Å². The molecule has 1 spiro atoms. The topological polar surface area (TPSA) is 6.48 Å². The van der Waals surface area contributed by atoms with Crippen LogP contribution >= 0.6 is 0 Å². The van der Waals surface area contributed by atoms with Gasteiger partial charge in [0.05, 0.1) is 11.6 Å². The van der Waals surface area contributed by atoms with Crippen molar-refractivity contribution in [1.82, 2.24) is 0 Å². The predicted molar refractivity (Wildman–Crippen MR) is 281 cm³/mol. The van der Waals surface area contributed by atoms with E-state index in [4.69, 9.17) is 0 Å². The van der Waals surface area contributed by atoms with Gasteiger partial charge in [-0.1, -0.05) is 196 Å². The van der Waals surface area contributed by atoms with Crippen LogP contribution < -0.4 is 9.80 Å². The van der Waals surface area contributed by atoms with Crippen LogP contribution in [-0.4, -0.2) is 11.6 Å². The van der Waals surface area contributed by atoms with Crippen molar-refractivity contribution >= 4 is 28.3 Å². The normalized spacial score (nSPS) is 30.4. The van der Waals surface area contributed by atoms with E-state index in [0.717, 1.165) is 19.3 Å². The first-order chi connectivity index (χ1) is 32.8. The molecular weight excluding hydrogens is 809 g/mol. The van der Waals surface area contributed by atoms with Gasteiger partial charge in [0, 0.05) is 45.4 Å². The van der Waals surface area contributed by atoms with Crippen LogP contribution in [0.25, 0.3) is 16.7 Å². The second-order valence-corrected chi connectivity index (χ2v) is 20.9. The molecule has 8 unspecified atom stereocenters. The molecule has 0 saturated carbocycles. The molecule has 2 nitrogen and oxygen atoms in total. The third-order valence-corrected chi connectivity index (χ3v) is 17.0. The van der Waals surface area contributed by atoms with E-state index < -0.39 is 0 Å².